The van der Waals surface area contributed by atoms with Crippen molar-refractivity contribution in [3.05, 3.63) is 0 Å². The molecule has 4 heteroatoms. The molecule has 0 bridgehead atoms. The summed E-state index contributed by atoms with van der Waals surface area (Å²) in [5.74, 6) is -0.394. The van der Waals surface area contributed by atoms with Gasteiger partial charge in [-0.3, -0.25) is 9.59 Å². The fourth-order valence-electron chi connectivity index (χ4n) is 3.26. The number of hydrogen-bond acceptors (Lipinski definition) is 2. The maximum Gasteiger partial charge on any atom is 0.309 e. The van der Waals surface area contributed by atoms with Crippen LogP contribution < -0.4 is 10.6 Å². The fraction of sp³-hybridized carbons (Fsp3) is 0.867. The molecule has 0 radical (unpaired) electrons. The molecule has 0 aromatic carbocycles. The van der Waals surface area contributed by atoms with Gasteiger partial charge in [-0.2, -0.15) is 0 Å². The van der Waals surface area contributed by atoms with Crippen LogP contribution in [0, 0.1) is 5.92 Å². The Hall–Kier alpha value is -1.06. The predicted octanol–water partition coefficient (Wildman–Crippen LogP) is 2.13. The maximum absolute atomic E-state index is 11.9. The standard InChI is InChI=1S/C15H26N2O2/c1-11-7-5-6-10-13(11)17-15(19)14(18)16-12-8-3-2-4-9-12/h11-13H,2-10H2,1H3,(H,16,18)(H,17,19)/t11-,13+/m0/s1. The van der Waals surface area contributed by atoms with Crippen LogP contribution in [0.1, 0.15) is 64.7 Å². The number of carbonyl (C=O) groups is 2. The van der Waals surface area contributed by atoms with Crippen LogP contribution in [0.5, 0.6) is 0 Å². The molecule has 2 fully saturated rings. The van der Waals surface area contributed by atoms with Gasteiger partial charge in [0, 0.05) is 12.1 Å². The fourth-order valence-corrected chi connectivity index (χ4v) is 3.26. The summed E-state index contributed by atoms with van der Waals surface area (Å²) in [6, 6.07) is 0.383. The number of carbonyl (C=O) groups excluding carboxylic acids is 2. The van der Waals surface area contributed by atoms with Gasteiger partial charge in [0.25, 0.3) is 0 Å². The third-order valence-corrected chi connectivity index (χ3v) is 4.57. The zero-order valence-electron chi connectivity index (χ0n) is 11.9. The predicted molar refractivity (Wildman–Crippen MR) is 74.6 cm³/mol. The van der Waals surface area contributed by atoms with Crippen LogP contribution in [0.15, 0.2) is 0 Å². The van der Waals surface area contributed by atoms with Gasteiger partial charge in [0.2, 0.25) is 0 Å². The van der Waals surface area contributed by atoms with Crippen molar-refractivity contribution in [2.45, 2.75) is 76.8 Å². The highest BCUT2D eigenvalue weighted by Gasteiger charge is 2.26. The molecule has 2 saturated carbocycles. The van der Waals surface area contributed by atoms with E-state index in [0.717, 1.165) is 44.9 Å². The first-order valence-electron chi connectivity index (χ1n) is 7.78. The van der Waals surface area contributed by atoms with E-state index in [1.807, 2.05) is 0 Å². The van der Waals surface area contributed by atoms with Gasteiger partial charge in [-0.1, -0.05) is 39.0 Å². The van der Waals surface area contributed by atoms with Crippen LogP contribution in [-0.2, 0) is 9.59 Å². The lowest BCUT2D eigenvalue weighted by Gasteiger charge is -2.29. The number of rotatable bonds is 2. The van der Waals surface area contributed by atoms with Gasteiger partial charge in [-0.05, 0) is 31.6 Å². The van der Waals surface area contributed by atoms with E-state index in [-0.39, 0.29) is 12.1 Å². The largest absolute Gasteiger partial charge is 0.345 e. The SMILES string of the molecule is C[C@H]1CCCC[C@H]1NC(=O)C(=O)NC1CCCCC1. The normalized spacial score (nSPS) is 28.7. The van der Waals surface area contributed by atoms with E-state index < -0.39 is 11.8 Å². The van der Waals surface area contributed by atoms with Crippen molar-refractivity contribution in [3.8, 4) is 0 Å². The molecule has 2 aliphatic rings. The molecule has 0 aromatic rings. The average molecular weight is 266 g/mol. The molecular formula is C15H26N2O2. The Morgan fingerprint density at radius 3 is 2.05 bits per heavy atom. The van der Waals surface area contributed by atoms with Crippen molar-refractivity contribution in [2.24, 2.45) is 5.92 Å². The Kier molecular flexibility index (Phi) is 5.23. The van der Waals surface area contributed by atoms with Crippen molar-refractivity contribution >= 4 is 11.8 Å². The van der Waals surface area contributed by atoms with Gasteiger partial charge < -0.3 is 10.6 Å². The van der Waals surface area contributed by atoms with Crippen LogP contribution in [0.3, 0.4) is 0 Å². The van der Waals surface area contributed by atoms with Crippen molar-refractivity contribution in [1.29, 1.82) is 0 Å². The summed E-state index contributed by atoms with van der Waals surface area (Å²) < 4.78 is 0. The lowest BCUT2D eigenvalue weighted by Crippen LogP contribution is -2.50. The third kappa shape index (κ3) is 4.22. The van der Waals surface area contributed by atoms with E-state index >= 15 is 0 Å². The van der Waals surface area contributed by atoms with Crippen LogP contribution in [0.4, 0.5) is 0 Å². The molecule has 0 aromatic heterocycles. The van der Waals surface area contributed by atoms with Crippen molar-refractivity contribution in [1.82, 2.24) is 10.6 Å². The second-order valence-electron chi connectivity index (χ2n) is 6.15. The third-order valence-electron chi connectivity index (χ3n) is 4.57. The molecule has 108 valence electrons. The molecule has 2 atom stereocenters. The number of hydrogen-bond donors (Lipinski definition) is 2. The molecular weight excluding hydrogens is 240 g/mol. The zero-order valence-corrected chi connectivity index (χ0v) is 11.9. The second kappa shape index (κ2) is 6.92. The molecule has 0 spiro atoms. The first kappa shape index (κ1) is 14.4. The average Bonchev–Trinajstić information content (AvgIpc) is 2.42. The highest BCUT2D eigenvalue weighted by atomic mass is 16.2. The van der Waals surface area contributed by atoms with Crippen LogP contribution in [0.25, 0.3) is 0 Å². The Bertz CT molecular complexity index is 324. The van der Waals surface area contributed by atoms with Crippen LogP contribution >= 0.6 is 0 Å². The zero-order chi connectivity index (χ0) is 13.7. The van der Waals surface area contributed by atoms with E-state index in [4.69, 9.17) is 0 Å². The van der Waals surface area contributed by atoms with E-state index in [9.17, 15) is 9.59 Å². The summed E-state index contributed by atoms with van der Waals surface area (Å²) in [6.45, 7) is 2.16. The van der Waals surface area contributed by atoms with E-state index in [2.05, 4.69) is 17.6 Å². The van der Waals surface area contributed by atoms with Crippen molar-refractivity contribution in [2.75, 3.05) is 0 Å². The molecule has 2 N–H and O–H groups in total. The molecule has 0 saturated heterocycles. The summed E-state index contributed by atoms with van der Waals surface area (Å²) in [7, 11) is 0. The number of nitrogens with one attached hydrogen (secondary N) is 2. The number of amides is 2. The smallest absolute Gasteiger partial charge is 0.309 e. The second-order valence-corrected chi connectivity index (χ2v) is 6.15. The lowest BCUT2D eigenvalue weighted by atomic mass is 9.86. The summed E-state index contributed by atoms with van der Waals surface area (Å²) >= 11 is 0. The minimum atomic E-state index is -0.440. The van der Waals surface area contributed by atoms with Gasteiger partial charge in [-0.15, -0.1) is 0 Å². The molecule has 2 rings (SSSR count). The van der Waals surface area contributed by atoms with Gasteiger partial charge in [0.15, 0.2) is 0 Å². The Balaban J connectivity index is 1.76. The van der Waals surface area contributed by atoms with Crippen molar-refractivity contribution < 1.29 is 9.59 Å². The summed E-state index contributed by atoms with van der Waals surface area (Å²) in [6.07, 6.45) is 10.1. The van der Waals surface area contributed by atoms with E-state index in [0.29, 0.717) is 5.92 Å². The van der Waals surface area contributed by atoms with E-state index in [1.165, 1.54) is 12.8 Å². The summed E-state index contributed by atoms with van der Waals surface area (Å²) in [4.78, 5) is 23.8. The van der Waals surface area contributed by atoms with Crippen molar-refractivity contribution in [3.63, 3.8) is 0 Å². The topological polar surface area (TPSA) is 58.2 Å². The minimum absolute atomic E-state index is 0.179. The van der Waals surface area contributed by atoms with Gasteiger partial charge in [-0.25, -0.2) is 0 Å². The lowest BCUT2D eigenvalue weighted by molar-refractivity contribution is -0.140. The summed E-state index contributed by atoms with van der Waals surface area (Å²) in [5, 5.41) is 5.78. The van der Waals surface area contributed by atoms with Crippen LogP contribution in [-0.4, -0.2) is 23.9 Å². The van der Waals surface area contributed by atoms with Gasteiger partial charge in [0.05, 0.1) is 0 Å². The van der Waals surface area contributed by atoms with E-state index in [1.54, 1.807) is 0 Å². The highest BCUT2D eigenvalue weighted by Crippen LogP contribution is 2.23. The highest BCUT2D eigenvalue weighted by molar-refractivity contribution is 6.35. The van der Waals surface area contributed by atoms with Gasteiger partial charge in [0.1, 0.15) is 0 Å². The van der Waals surface area contributed by atoms with Gasteiger partial charge >= 0.3 is 11.8 Å². The molecule has 2 amide bonds. The maximum atomic E-state index is 11.9. The quantitative estimate of drug-likeness (QED) is 0.752. The monoisotopic (exact) mass is 266 g/mol. The molecule has 0 heterocycles. The summed E-state index contributed by atoms with van der Waals surface area (Å²) in [5.41, 5.74) is 0. The molecule has 4 nitrogen and oxygen atoms in total. The van der Waals surface area contributed by atoms with Crippen LogP contribution in [0.2, 0.25) is 0 Å². The first-order chi connectivity index (χ1) is 9.16. The minimum Gasteiger partial charge on any atom is -0.345 e. The Labute approximate surface area is 115 Å². The molecule has 0 aliphatic heterocycles. The Morgan fingerprint density at radius 2 is 1.37 bits per heavy atom. The molecule has 2 aliphatic carbocycles. The molecule has 0 unspecified atom stereocenters. The Morgan fingerprint density at radius 1 is 0.789 bits per heavy atom. The molecule has 19 heavy (non-hydrogen) atoms. The first-order valence-corrected chi connectivity index (χ1v) is 7.78.